The summed E-state index contributed by atoms with van der Waals surface area (Å²) >= 11 is 1.36. The SMILES string of the molecule is CC1(C(=O)N2CCC3(CC2)OCCc2sc(C(=O)O)cc23)COC1. The number of thiophene rings is 1. The number of fused-ring (bicyclic) bond motifs is 2. The van der Waals surface area contributed by atoms with Crippen molar-refractivity contribution in [3.8, 4) is 0 Å². The molecule has 6 nitrogen and oxygen atoms in total. The molecule has 0 bridgehead atoms. The van der Waals surface area contributed by atoms with Crippen LogP contribution in [0.4, 0.5) is 0 Å². The number of piperidine rings is 1. The fourth-order valence-corrected chi connectivity index (χ4v) is 4.99. The van der Waals surface area contributed by atoms with Gasteiger partial charge in [-0.3, -0.25) is 4.79 Å². The summed E-state index contributed by atoms with van der Waals surface area (Å²) in [5, 5.41) is 9.26. The van der Waals surface area contributed by atoms with Crippen molar-refractivity contribution in [3.63, 3.8) is 0 Å². The molecule has 3 aliphatic rings. The molecule has 1 aromatic heterocycles. The van der Waals surface area contributed by atoms with E-state index in [1.165, 1.54) is 11.3 Å². The predicted octanol–water partition coefficient (Wildman–Crippen LogP) is 1.87. The highest BCUT2D eigenvalue weighted by Gasteiger charge is 2.48. The Bertz CT molecular complexity index is 685. The highest BCUT2D eigenvalue weighted by atomic mass is 32.1. The molecule has 0 aliphatic carbocycles. The first-order valence-electron chi connectivity index (χ1n) is 8.31. The van der Waals surface area contributed by atoms with Gasteiger partial charge in [0, 0.05) is 24.4 Å². The quantitative estimate of drug-likeness (QED) is 0.880. The number of carbonyl (C=O) groups excluding carboxylic acids is 1. The van der Waals surface area contributed by atoms with Gasteiger partial charge in [-0.05, 0) is 31.4 Å². The van der Waals surface area contributed by atoms with Crippen molar-refractivity contribution in [2.75, 3.05) is 32.9 Å². The molecule has 0 aromatic carbocycles. The molecule has 2 saturated heterocycles. The first-order valence-corrected chi connectivity index (χ1v) is 9.13. The van der Waals surface area contributed by atoms with E-state index in [0.717, 1.165) is 29.7 Å². The standard InChI is InChI=1S/C17H21NO5S/c1-16(9-22-10-16)15(21)18-5-3-17(4-6-18)11-8-13(14(19)20)24-12(11)2-7-23-17/h8H,2-7,9-10H2,1H3,(H,19,20). The van der Waals surface area contributed by atoms with E-state index in [4.69, 9.17) is 9.47 Å². The second-order valence-corrected chi connectivity index (χ2v) is 8.33. The minimum atomic E-state index is -0.880. The number of carbonyl (C=O) groups is 2. The Labute approximate surface area is 144 Å². The molecule has 3 aliphatic heterocycles. The van der Waals surface area contributed by atoms with Gasteiger partial charge in [-0.2, -0.15) is 0 Å². The van der Waals surface area contributed by atoms with Crippen molar-refractivity contribution >= 4 is 23.2 Å². The summed E-state index contributed by atoms with van der Waals surface area (Å²) in [5.74, 6) is -0.716. The van der Waals surface area contributed by atoms with E-state index in [1.807, 2.05) is 11.8 Å². The van der Waals surface area contributed by atoms with Gasteiger partial charge in [-0.25, -0.2) is 4.79 Å². The van der Waals surface area contributed by atoms with Crippen LogP contribution in [0.2, 0.25) is 0 Å². The van der Waals surface area contributed by atoms with Crippen molar-refractivity contribution in [2.24, 2.45) is 5.41 Å². The molecule has 0 unspecified atom stereocenters. The summed E-state index contributed by atoms with van der Waals surface area (Å²) < 4.78 is 11.3. The minimum absolute atomic E-state index is 0.163. The summed E-state index contributed by atoms with van der Waals surface area (Å²) in [6.07, 6.45) is 2.21. The number of aromatic carboxylic acids is 1. The number of hydrogen-bond donors (Lipinski definition) is 1. The van der Waals surface area contributed by atoms with Gasteiger partial charge < -0.3 is 19.5 Å². The molecule has 1 amide bonds. The fourth-order valence-electron chi connectivity index (χ4n) is 3.92. The number of amides is 1. The summed E-state index contributed by atoms with van der Waals surface area (Å²) in [7, 11) is 0. The molecular weight excluding hydrogens is 330 g/mol. The van der Waals surface area contributed by atoms with Crippen molar-refractivity contribution in [1.82, 2.24) is 4.90 Å². The normalized spacial score (nSPS) is 24.3. The summed E-state index contributed by atoms with van der Waals surface area (Å²) in [5.41, 5.74) is 0.231. The topological polar surface area (TPSA) is 76.1 Å². The van der Waals surface area contributed by atoms with Gasteiger partial charge in [0.15, 0.2) is 0 Å². The Hall–Kier alpha value is -1.44. The van der Waals surface area contributed by atoms with Crippen LogP contribution in [0.3, 0.4) is 0 Å². The van der Waals surface area contributed by atoms with Gasteiger partial charge in [0.2, 0.25) is 5.91 Å². The third-order valence-electron chi connectivity index (χ3n) is 5.43. The van der Waals surface area contributed by atoms with Gasteiger partial charge in [-0.15, -0.1) is 11.3 Å². The van der Waals surface area contributed by atoms with Gasteiger partial charge in [0.25, 0.3) is 0 Å². The minimum Gasteiger partial charge on any atom is -0.477 e. The number of carboxylic acids is 1. The van der Waals surface area contributed by atoms with E-state index in [0.29, 0.717) is 37.8 Å². The Morgan fingerprint density at radius 1 is 1.29 bits per heavy atom. The molecule has 4 heterocycles. The van der Waals surface area contributed by atoms with Crippen LogP contribution in [-0.4, -0.2) is 54.8 Å². The van der Waals surface area contributed by atoms with Crippen molar-refractivity contribution in [1.29, 1.82) is 0 Å². The van der Waals surface area contributed by atoms with Crippen LogP contribution in [0.25, 0.3) is 0 Å². The molecule has 1 N–H and O–H groups in total. The highest BCUT2D eigenvalue weighted by molar-refractivity contribution is 7.14. The number of ether oxygens (including phenoxy) is 2. The maximum atomic E-state index is 12.6. The molecule has 24 heavy (non-hydrogen) atoms. The number of rotatable bonds is 2. The van der Waals surface area contributed by atoms with Crippen molar-refractivity contribution < 1.29 is 24.2 Å². The molecule has 130 valence electrons. The number of hydrogen-bond acceptors (Lipinski definition) is 5. The fraction of sp³-hybridized carbons (Fsp3) is 0.647. The first kappa shape index (κ1) is 16.1. The van der Waals surface area contributed by atoms with Crippen LogP contribution in [0.1, 0.15) is 39.9 Å². The van der Waals surface area contributed by atoms with Gasteiger partial charge in [0.1, 0.15) is 4.88 Å². The smallest absolute Gasteiger partial charge is 0.345 e. The molecule has 0 atom stereocenters. The second kappa shape index (κ2) is 5.54. The third-order valence-corrected chi connectivity index (χ3v) is 6.62. The zero-order valence-corrected chi connectivity index (χ0v) is 14.5. The Balaban J connectivity index is 1.53. The number of nitrogens with zero attached hydrogens (tertiary/aromatic N) is 1. The van der Waals surface area contributed by atoms with E-state index < -0.39 is 11.6 Å². The zero-order chi connectivity index (χ0) is 16.9. The number of likely N-dealkylation sites (tertiary alicyclic amines) is 1. The summed E-state index contributed by atoms with van der Waals surface area (Å²) in [4.78, 5) is 27.3. The van der Waals surface area contributed by atoms with Gasteiger partial charge >= 0.3 is 5.97 Å². The summed E-state index contributed by atoms with van der Waals surface area (Å²) in [6.45, 7) is 4.86. The molecule has 1 aromatic rings. The van der Waals surface area contributed by atoms with Crippen molar-refractivity contribution in [2.45, 2.75) is 31.8 Å². The van der Waals surface area contributed by atoms with Gasteiger partial charge in [0.05, 0.1) is 30.8 Å². The number of carboxylic acid groups (broad SMARTS) is 1. The lowest BCUT2D eigenvalue weighted by molar-refractivity contribution is -0.174. The largest absolute Gasteiger partial charge is 0.477 e. The first-order chi connectivity index (χ1) is 11.4. The lowest BCUT2D eigenvalue weighted by Crippen LogP contribution is -2.57. The lowest BCUT2D eigenvalue weighted by atomic mass is 9.80. The van der Waals surface area contributed by atoms with E-state index >= 15 is 0 Å². The molecule has 0 saturated carbocycles. The Morgan fingerprint density at radius 3 is 2.58 bits per heavy atom. The average Bonchev–Trinajstić information content (AvgIpc) is 2.99. The van der Waals surface area contributed by atoms with E-state index in [1.54, 1.807) is 6.07 Å². The Kier molecular flexibility index (Phi) is 3.71. The monoisotopic (exact) mass is 351 g/mol. The Morgan fingerprint density at radius 2 is 2.00 bits per heavy atom. The zero-order valence-electron chi connectivity index (χ0n) is 13.7. The van der Waals surface area contributed by atoms with Crippen molar-refractivity contribution in [3.05, 3.63) is 21.4 Å². The van der Waals surface area contributed by atoms with Crippen LogP contribution in [0, 0.1) is 5.41 Å². The van der Waals surface area contributed by atoms with Crippen LogP contribution in [0.15, 0.2) is 6.07 Å². The molecule has 1 spiro atoms. The molecule has 4 rings (SSSR count). The second-order valence-electron chi connectivity index (χ2n) is 7.19. The summed E-state index contributed by atoms with van der Waals surface area (Å²) in [6, 6.07) is 1.78. The van der Waals surface area contributed by atoms with Crippen LogP contribution in [-0.2, 0) is 26.3 Å². The van der Waals surface area contributed by atoms with Crippen LogP contribution < -0.4 is 0 Å². The molecule has 7 heteroatoms. The maximum Gasteiger partial charge on any atom is 0.345 e. The molecule has 0 radical (unpaired) electrons. The molecular formula is C17H21NO5S. The lowest BCUT2D eigenvalue weighted by Gasteiger charge is -2.47. The average molecular weight is 351 g/mol. The molecule has 2 fully saturated rings. The van der Waals surface area contributed by atoms with E-state index in [-0.39, 0.29) is 11.3 Å². The third kappa shape index (κ3) is 2.37. The van der Waals surface area contributed by atoms with E-state index in [2.05, 4.69) is 0 Å². The maximum absolute atomic E-state index is 12.6. The predicted molar refractivity (Wildman–Crippen MR) is 87.4 cm³/mol. The van der Waals surface area contributed by atoms with E-state index in [9.17, 15) is 14.7 Å². The highest BCUT2D eigenvalue weighted by Crippen LogP contribution is 2.45. The van der Waals surface area contributed by atoms with Crippen LogP contribution >= 0.6 is 11.3 Å². The van der Waals surface area contributed by atoms with Crippen LogP contribution in [0.5, 0.6) is 0 Å². The van der Waals surface area contributed by atoms with Gasteiger partial charge in [-0.1, -0.05) is 0 Å².